The molecular formula is C98H117Cl3N10O18S2. The van der Waals surface area contributed by atoms with E-state index >= 15 is 0 Å². The molecule has 2 aromatic heterocycles. The van der Waals surface area contributed by atoms with E-state index < -0.39 is 147 Å². The standard InChI is InChI=1S/C49H57N5O9S.C43H49N5O7S.C6H9ClO2.2ClH/c1-6-33-29-49(33,45(57)53-64(59,60)48(23-24-48)28-31-15-9-7-10-16-31)52-43(55)40-26-36(30-54(40)44(56)42(47(2,3)4)51-46(58)63-34-19-13-14-20-34)62-41-27-38(32-17-11-8-12-18-32)50-39-25-35(61-5)21-22-37(39)41;1-6-29-25-43(29,40(51)47-56(52,53)42(19-20-42)24-27-13-9-7-10-14-27)46-38(49)35-22-31(26-48(35)39(50)37(44)41(2,3)4)55-36-23-33(28-15-11-8-12-16-28)45-34-21-30(54-5)17-18-32(34)36;7-6(8)9-5-3-1-2-4-5;;/h6-12,15-18,21-22,25,27,33-34,36,40,42H,1,13-14,19-20,23-24,26,28-30H2,2-5H3,(H,51,58)(H,52,55)(H,53,57);6-18,21,23,29,31,35,37H,1,19-20,22,24-26,44H2,2-5H3,(H,46,49)(H,47,51);5H,1-4H2;2*1H/t33-,36-,40+,42-,49-;29-,31-,35+,37-,43-;;;/m11.../s1. The summed E-state index contributed by atoms with van der Waals surface area (Å²) < 4.78 is 92.6. The molecule has 8 fully saturated rings. The van der Waals surface area contributed by atoms with Crippen LogP contribution >= 0.6 is 36.4 Å². The van der Waals surface area contributed by atoms with Crippen LogP contribution in [0.15, 0.2) is 195 Å². The average Bonchev–Trinajstić information content (AvgIpc) is 1.56. The fraction of sp³-hybridized carbons (Fsp3) is 0.449. The fourth-order valence-corrected chi connectivity index (χ4v) is 21.3. The Kier molecular flexibility index (Phi) is 30.8. The van der Waals surface area contributed by atoms with Crippen molar-refractivity contribution < 1.29 is 83.6 Å². The van der Waals surface area contributed by atoms with Gasteiger partial charge in [-0.05, 0) is 149 Å². The molecule has 33 heteroatoms. The Hall–Kier alpha value is -10.9. The SMILES string of the molecule is C=C[C@@H]1C[C@]1(NC(=O)[C@@H]1C[C@@H](Oc2cc(-c3ccccc3)nc3cc(OC)ccc23)CN1C(=O)[C@@H](N)C(C)(C)C)C(=O)NS(=O)(=O)C1(Cc2ccccc2)CC1.C=C[C@@H]1C[C@]1(NC(=O)[C@@H]1C[C@@H](Oc2cc(-c3ccccc3)nc3cc(OC)ccc23)CN1C(=O)[C@@H](NC(=O)OC1CCCC1)C(C)(C)C)C(=O)NS(=O)(=O)C1(Cc2ccccc2)CC1.Cl.Cl.O=C(Cl)OC1CCCC1. The second-order valence-corrected chi connectivity index (χ2v) is 41.9. The molecule has 0 spiro atoms. The van der Waals surface area contributed by atoms with Crippen molar-refractivity contribution >= 4 is 125 Å². The van der Waals surface area contributed by atoms with Gasteiger partial charge in [-0.25, -0.2) is 36.4 Å². The number of hydrogen-bond donors (Lipinski definition) is 6. The first-order valence-corrected chi connectivity index (χ1v) is 47.5. The van der Waals surface area contributed by atoms with E-state index in [0.717, 1.165) is 73.6 Å². The minimum atomic E-state index is -4.17. The van der Waals surface area contributed by atoms with Crippen molar-refractivity contribution in [1.82, 2.24) is 45.2 Å². The number of nitrogens with zero attached hydrogens (tertiary/aromatic N) is 4. The molecule has 7 N–H and O–H groups in total. The molecule has 7 amide bonds. The summed E-state index contributed by atoms with van der Waals surface area (Å²) in [6.07, 6.45) is 11.0. The lowest BCUT2D eigenvalue weighted by atomic mass is 9.85. The van der Waals surface area contributed by atoms with Crippen LogP contribution in [0.25, 0.3) is 44.3 Å². The number of nitrogens with one attached hydrogen (secondary N) is 5. The summed E-state index contributed by atoms with van der Waals surface area (Å²) in [5.41, 5.74) is 7.17. The van der Waals surface area contributed by atoms with E-state index in [0.29, 0.717) is 81.9 Å². The number of aromatic nitrogens is 2. The molecule has 16 rings (SSSR count). The molecule has 8 aromatic rings. The van der Waals surface area contributed by atoms with Gasteiger partial charge < -0.3 is 59.9 Å². The quantitative estimate of drug-likeness (QED) is 0.0187. The number of likely N-dealkylation sites (tertiary alicyclic amines) is 2. The third-order valence-electron chi connectivity index (χ3n) is 26.1. The highest BCUT2D eigenvalue weighted by molar-refractivity contribution is 7.92. The summed E-state index contributed by atoms with van der Waals surface area (Å²) in [5.74, 6) is -2.82. The zero-order valence-corrected chi connectivity index (χ0v) is 78.9. The number of fused-ring (bicyclic) bond motifs is 2. The number of sulfonamides is 2. The van der Waals surface area contributed by atoms with Crippen LogP contribution in [-0.2, 0) is 71.1 Å². The highest BCUT2D eigenvalue weighted by Gasteiger charge is 2.66. The first-order valence-electron chi connectivity index (χ1n) is 44.2. The predicted octanol–water partition coefficient (Wildman–Crippen LogP) is 14.7. The van der Waals surface area contributed by atoms with Crippen LogP contribution in [0.4, 0.5) is 9.59 Å². The Balaban J connectivity index is 0.000000214. The number of nitrogens with two attached hydrogens (primary N) is 1. The van der Waals surface area contributed by atoms with Crippen LogP contribution in [-0.4, -0.2) is 180 Å². The number of methoxy groups -OCH3 is 2. The summed E-state index contributed by atoms with van der Waals surface area (Å²) in [6.45, 7) is 18.7. The highest BCUT2D eigenvalue weighted by Crippen LogP contribution is 2.52. The van der Waals surface area contributed by atoms with Crippen molar-refractivity contribution in [3.63, 3.8) is 0 Å². The van der Waals surface area contributed by atoms with E-state index in [-0.39, 0.29) is 88.6 Å². The van der Waals surface area contributed by atoms with Gasteiger partial charge in [-0.1, -0.05) is 175 Å². The largest absolute Gasteiger partial charge is 0.497 e. The number of pyridine rings is 2. The van der Waals surface area contributed by atoms with E-state index in [9.17, 15) is 55.2 Å². The Morgan fingerprint density at radius 1 is 0.519 bits per heavy atom. The van der Waals surface area contributed by atoms with E-state index in [1.807, 2.05) is 205 Å². The van der Waals surface area contributed by atoms with Gasteiger partial charge in [0.1, 0.15) is 76.6 Å². The van der Waals surface area contributed by atoms with Gasteiger partial charge >= 0.3 is 11.5 Å². The molecule has 0 bridgehead atoms. The van der Waals surface area contributed by atoms with Gasteiger partial charge in [-0.3, -0.25) is 38.2 Å². The van der Waals surface area contributed by atoms with Crippen LogP contribution in [0.1, 0.15) is 155 Å². The second-order valence-electron chi connectivity index (χ2n) is 37.4. The lowest BCUT2D eigenvalue weighted by molar-refractivity contribution is -0.143. The van der Waals surface area contributed by atoms with E-state index in [4.69, 9.17) is 55.7 Å². The highest BCUT2D eigenvalue weighted by atomic mass is 35.5. The van der Waals surface area contributed by atoms with Gasteiger partial charge in [-0.2, -0.15) is 0 Å². The van der Waals surface area contributed by atoms with Crippen LogP contribution in [0, 0.1) is 22.7 Å². The molecule has 6 aromatic carbocycles. The Morgan fingerprint density at radius 2 is 0.893 bits per heavy atom. The third-order valence-corrected chi connectivity index (χ3v) is 30.5. The molecule has 4 heterocycles. The van der Waals surface area contributed by atoms with Crippen molar-refractivity contribution in [2.45, 2.75) is 226 Å². The minimum Gasteiger partial charge on any atom is -0.497 e. The van der Waals surface area contributed by atoms with Gasteiger partial charge in [0, 0.05) is 82.4 Å². The van der Waals surface area contributed by atoms with Crippen LogP contribution < -0.4 is 50.1 Å². The molecule has 0 radical (unpaired) electrons. The van der Waals surface area contributed by atoms with Crippen LogP contribution in [0.2, 0.25) is 0 Å². The number of benzene rings is 6. The zero-order chi connectivity index (χ0) is 92.2. The number of halogens is 3. The number of ether oxygens (including phenoxy) is 6. The van der Waals surface area contributed by atoms with Crippen LogP contribution in [0.3, 0.4) is 0 Å². The number of carbonyl (C=O) groups excluding carboxylic acids is 8. The molecule has 6 aliphatic carbocycles. The van der Waals surface area contributed by atoms with E-state index in [1.54, 1.807) is 20.3 Å². The molecule has 6 saturated carbocycles. The first-order chi connectivity index (χ1) is 61.4. The monoisotopic (exact) mass is 1890 g/mol. The molecule has 2 aliphatic heterocycles. The molecule has 10 atom stereocenters. The lowest BCUT2D eigenvalue weighted by Crippen LogP contribution is -2.60. The van der Waals surface area contributed by atoms with Gasteiger partial charge in [0.15, 0.2) is 0 Å². The maximum Gasteiger partial charge on any atom is 0.408 e. The van der Waals surface area contributed by atoms with E-state index in [1.165, 1.54) is 22.0 Å². The first kappa shape index (κ1) is 99.1. The molecule has 0 unspecified atom stereocenters. The number of alkyl carbamates (subject to hydrolysis) is 1. The number of rotatable bonds is 29. The fourth-order valence-electron chi connectivity index (χ4n) is 17.8. The maximum absolute atomic E-state index is 14.9. The number of carbonyl (C=O) groups is 8. The zero-order valence-electron chi connectivity index (χ0n) is 74.9. The molecular weight excluding hydrogens is 1780 g/mol. The summed E-state index contributed by atoms with van der Waals surface area (Å²) >= 11 is 5.00. The van der Waals surface area contributed by atoms with E-state index in [2.05, 4.69) is 38.6 Å². The van der Waals surface area contributed by atoms with Crippen LogP contribution in [0.5, 0.6) is 23.0 Å². The summed E-state index contributed by atoms with van der Waals surface area (Å²) in [6, 6.07) is 48.1. The molecule has 8 aliphatic rings. The Bertz CT molecular complexity index is 5780. The average molecular weight is 1890 g/mol. The van der Waals surface area contributed by atoms with Crippen molar-refractivity contribution in [1.29, 1.82) is 0 Å². The van der Waals surface area contributed by atoms with Crippen molar-refractivity contribution in [2.75, 3.05) is 27.3 Å². The number of hydrogen-bond acceptors (Lipinski definition) is 21. The molecule has 131 heavy (non-hydrogen) atoms. The Morgan fingerprint density at radius 3 is 1.24 bits per heavy atom. The third kappa shape index (κ3) is 22.6. The van der Waals surface area contributed by atoms with Gasteiger partial charge in [0.2, 0.25) is 43.7 Å². The summed E-state index contributed by atoms with van der Waals surface area (Å²) in [5, 5.41) is 9.97. The topological polar surface area (TPSA) is 379 Å². The summed E-state index contributed by atoms with van der Waals surface area (Å²) in [4.78, 5) is 122. The summed E-state index contributed by atoms with van der Waals surface area (Å²) in [7, 11) is -5.13. The predicted molar refractivity (Wildman–Crippen MR) is 505 cm³/mol. The second kappa shape index (κ2) is 40.7. The smallest absolute Gasteiger partial charge is 0.408 e. The van der Waals surface area contributed by atoms with Gasteiger partial charge in [-0.15, -0.1) is 38.0 Å². The van der Waals surface area contributed by atoms with Crippen molar-refractivity contribution in [2.24, 2.45) is 28.4 Å². The Labute approximate surface area is 782 Å². The van der Waals surface area contributed by atoms with Gasteiger partial charge in [0.05, 0.1) is 65.3 Å². The van der Waals surface area contributed by atoms with Crippen molar-refractivity contribution in [3.8, 4) is 45.5 Å². The molecule has 28 nitrogen and oxygen atoms in total. The maximum atomic E-state index is 14.9. The normalized spacial score (nSPS) is 22.6. The van der Waals surface area contributed by atoms with Crippen molar-refractivity contribution in [3.05, 3.63) is 206 Å². The van der Waals surface area contributed by atoms with Gasteiger partial charge in [0.25, 0.3) is 11.8 Å². The molecule has 2 saturated heterocycles. The molecule has 700 valence electrons. The minimum absolute atomic E-state index is 0. The lowest BCUT2D eigenvalue weighted by Gasteiger charge is -2.35. The number of amides is 7.